The molecule has 0 aliphatic carbocycles. The summed E-state index contributed by atoms with van der Waals surface area (Å²) in [5.41, 5.74) is 3.26. The third-order valence-electron chi connectivity index (χ3n) is 3.34. The zero-order valence-corrected chi connectivity index (χ0v) is 12.0. The Morgan fingerprint density at radius 1 is 1.47 bits per heavy atom. The Balaban J connectivity index is 2.75. The summed E-state index contributed by atoms with van der Waals surface area (Å²) in [6.45, 7) is 3.66. The van der Waals surface area contributed by atoms with Gasteiger partial charge in [0.25, 0.3) is 0 Å². The molecule has 0 fully saturated rings. The number of halogens is 1. The van der Waals surface area contributed by atoms with E-state index in [4.69, 9.17) is 16.7 Å². The lowest BCUT2D eigenvalue weighted by Gasteiger charge is -1.99. The normalized spacial score (nSPS) is 12.1. The molecule has 0 unspecified atom stereocenters. The molecule has 1 N–H and O–H groups in total. The third kappa shape index (κ3) is 2.38. The van der Waals surface area contributed by atoms with Crippen molar-refractivity contribution in [2.45, 2.75) is 20.3 Å². The summed E-state index contributed by atoms with van der Waals surface area (Å²) in [4.78, 5) is 11.0. The number of nitrogens with zero attached hydrogens (tertiary/aromatic N) is 1. The number of carboxylic acids is 1. The monoisotopic (exact) mass is 277 g/mol. The van der Waals surface area contributed by atoms with Crippen LogP contribution in [-0.4, -0.2) is 15.6 Å². The van der Waals surface area contributed by atoms with Crippen LogP contribution in [0.2, 0.25) is 5.15 Å². The molecular formula is C15H16ClNO2. The Bertz CT molecular complexity index is 683. The van der Waals surface area contributed by atoms with Gasteiger partial charge in [0.1, 0.15) is 5.15 Å². The molecule has 0 bridgehead atoms. The average molecular weight is 278 g/mol. The van der Waals surface area contributed by atoms with Gasteiger partial charge in [0.15, 0.2) is 0 Å². The van der Waals surface area contributed by atoms with Crippen LogP contribution >= 0.6 is 11.6 Å². The number of rotatable bonds is 3. The van der Waals surface area contributed by atoms with Crippen LogP contribution in [0.25, 0.3) is 17.0 Å². The summed E-state index contributed by atoms with van der Waals surface area (Å²) >= 11 is 6.31. The van der Waals surface area contributed by atoms with Gasteiger partial charge in [-0.3, -0.25) is 0 Å². The molecule has 2 aromatic rings. The molecule has 2 rings (SSSR count). The first-order valence-electron chi connectivity index (χ1n) is 6.14. The van der Waals surface area contributed by atoms with Gasteiger partial charge in [-0.25, -0.2) is 4.79 Å². The van der Waals surface area contributed by atoms with E-state index in [1.54, 1.807) is 13.0 Å². The van der Waals surface area contributed by atoms with Gasteiger partial charge >= 0.3 is 5.97 Å². The number of carboxylic acid groups (broad SMARTS) is 1. The molecule has 0 atom stereocenters. The number of carbonyl (C=O) groups is 1. The van der Waals surface area contributed by atoms with Crippen LogP contribution in [0.3, 0.4) is 0 Å². The Hall–Kier alpha value is -1.74. The molecule has 0 saturated heterocycles. The third-order valence-corrected chi connectivity index (χ3v) is 3.79. The molecule has 4 heteroatoms. The molecule has 0 amide bonds. The van der Waals surface area contributed by atoms with E-state index >= 15 is 0 Å². The van der Waals surface area contributed by atoms with Crippen LogP contribution in [0.4, 0.5) is 0 Å². The molecule has 3 nitrogen and oxygen atoms in total. The molecule has 0 radical (unpaired) electrons. The first kappa shape index (κ1) is 13.7. The highest BCUT2D eigenvalue weighted by Crippen LogP contribution is 2.31. The predicted octanol–water partition coefficient (Wildman–Crippen LogP) is 3.88. The van der Waals surface area contributed by atoms with Crippen molar-refractivity contribution in [2.75, 3.05) is 0 Å². The van der Waals surface area contributed by atoms with E-state index in [-0.39, 0.29) is 5.57 Å². The number of fused-ring (bicyclic) bond motifs is 1. The number of benzene rings is 1. The van der Waals surface area contributed by atoms with Crippen LogP contribution in [-0.2, 0) is 18.3 Å². The van der Waals surface area contributed by atoms with E-state index in [2.05, 4.69) is 19.1 Å². The summed E-state index contributed by atoms with van der Waals surface area (Å²) in [5.74, 6) is -0.931. The fourth-order valence-electron chi connectivity index (χ4n) is 2.12. The van der Waals surface area contributed by atoms with Gasteiger partial charge in [0, 0.05) is 29.1 Å². The van der Waals surface area contributed by atoms with Crippen LogP contribution in [0, 0.1) is 0 Å². The maximum Gasteiger partial charge on any atom is 0.331 e. The summed E-state index contributed by atoms with van der Waals surface area (Å²) in [6, 6.07) is 6.16. The van der Waals surface area contributed by atoms with Crippen molar-refractivity contribution < 1.29 is 9.90 Å². The zero-order chi connectivity index (χ0) is 14.2. The molecule has 100 valence electrons. The van der Waals surface area contributed by atoms with E-state index < -0.39 is 5.97 Å². The molecule has 1 aromatic heterocycles. The largest absolute Gasteiger partial charge is 0.478 e. The molecule has 1 heterocycles. The predicted molar refractivity (Wildman–Crippen MR) is 78.6 cm³/mol. The van der Waals surface area contributed by atoms with Crippen molar-refractivity contribution in [1.82, 2.24) is 4.57 Å². The standard InChI is InChI=1S/C15H16ClNO2/c1-4-10-5-6-13-11(8-10)12(14(16)17(13)3)7-9(2)15(18)19/h5-8H,4H2,1-3H3,(H,18,19)/b9-7+. The Kier molecular flexibility index (Phi) is 3.67. The quantitative estimate of drug-likeness (QED) is 0.865. The molecular weight excluding hydrogens is 262 g/mol. The van der Waals surface area contributed by atoms with Gasteiger partial charge in [-0.05, 0) is 37.1 Å². The Labute approximate surface area is 117 Å². The summed E-state index contributed by atoms with van der Waals surface area (Å²) in [6.07, 6.45) is 2.57. The van der Waals surface area contributed by atoms with E-state index in [9.17, 15) is 4.79 Å². The summed E-state index contributed by atoms with van der Waals surface area (Å²) in [7, 11) is 1.88. The molecule has 0 aliphatic rings. The highest BCUT2D eigenvalue weighted by molar-refractivity contribution is 6.33. The topological polar surface area (TPSA) is 42.2 Å². The van der Waals surface area contributed by atoms with Crippen molar-refractivity contribution in [3.63, 3.8) is 0 Å². The van der Waals surface area contributed by atoms with E-state index in [1.165, 1.54) is 5.56 Å². The Morgan fingerprint density at radius 3 is 2.74 bits per heavy atom. The summed E-state index contributed by atoms with van der Waals surface area (Å²) in [5, 5.41) is 10.5. The van der Waals surface area contributed by atoms with E-state index in [0.717, 1.165) is 22.9 Å². The smallest absolute Gasteiger partial charge is 0.331 e. The van der Waals surface area contributed by atoms with Crippen LogP contribution in [0.1, 0.15) is 25.0 Å². The number of aliphatic carboxylic acids is 1. The fourth-order valence-corrected chi connectivity index (χ4v) is 2.37. The van der Waals surface area contributed by atoms with Gasteiger partial charge < -0.3 is 9.67 Å². The highest BCUT2D eigenvalue weighted by atomic mass is 35.5. The second kappa shape index (κ2) is 5.10. The highest BCUT2D eigenvalue weighted by Gasteiger charge is 2.13. The lowest BCUT2D eigenvalue weighted by molar-refractivity contribution is -0.132. The van der Waals surface area contributed by atoms with Crippen LogP contribution in [0.15, 0.2) is 23.8 Å². The van der Waals surface area contributed by atoms with Crippen molar-refractivity contribution >= 4 is 34.5 Å². The molecule has 0 spiro atoms. The minimum absolute atomic E-state index is 0.274. The zero-order valence-electron chi connectivity index (χ0n) is 11.2. The number of aromatic nitrogens is 1. The first-order chi connectivity index (χ1) is 8.95. The molecule has 19 heavy (non-hydrogen) atoms. The van der Waals surface area contributed by atoms with Crippen molar-refractivity contribution in [3.05, 3.63) is 40.1 Å². The van der Waals surface area contributed by atoms with Gasteiger partial charge in [0.05, 0.1) is 0 Å². The molecule has 1 aromatic carbocycles. The Morgan fingerprint density at radius 2 is 2.16 bits per heavy atom. The van der Waals surface area contributed by atoms with Gasteiger partial charge in [-0.1, -0.05) is 24.6 Å². The average Bonchev–Trinajstić information content (AvgIpc) is 2.63. The fraction of sp³-hybridized carbons (Fsp3) is 0.267. The van der Waals surface area contributed by atoms with Gasteiger partial charge in [0.2, 0.25) is 0 Å². The minimum Gasteiger partial charge on any atom is -0.478 e. The second-order valence-electron chi connectivity index (χ2n) is 4.60. The molecule has 0 aliphatic heterocycles. The molecule has 0 saturated carbocycles. The van der Waals surface area contributed by atoms with Crippen molar-refractivity contribution in [2.24, 2.45) is 7.05 Å². The van der Waals surface area contributed by atoms with E-state index in [0.29, 0.717) is 5.15 Å². The summed E-state index contributed by atoms with van der Waals surface area (Å²) < 4.78 is 1.87. The van der Waals surface area contributed by atoms with E-state index in [1.807, 2.05) is 17.7 Å². The number of hydrogen-bond acceptors (Lipinski definition) is 1. The van der Waals surface area contributed by atoms with Crippen molar-refractivity contribution in [1.29, 1.82) is 0 Å². The number of hydrogen-bond donors (Lipinski definition) is 1. The first-order valence-corrected chi connectivity index (χ1v) is 6.52. The van der Waals surface area contributed by atoms with Crippen LogP contribution in [0.5, 0.6) is 0 Å². The maximum atomic E-state index is 11.0. The lowest BCUT2D eigenvalue weighted by atomic mass is 10.1. The number of aryl methyl sites for hydroxylation is 2. The second-order valence-corrected chi connectivity index (χ2v) is 4.96. The van der Waals surface area contributed by atoms with Crippen LogP contribution < -0.4 is 0 Å². The maximum absolute atomic E-state index is 11.0. The van der Waals surface area contributed by atoms with Gasteiger partial charge in [-0.2, -0.15) is 0 Å². The van der Waals surface area contributed by atoms with Crippen molar-refractivity contribution in [3.8, 4) is 0 Å². The SMILES string of the molecule is CCc1ccc2c(c1)c(/C=C(\C)C(=O)O)c(Cl)n2C. The lowest BCUT2D eigenvalue weighted by Crippen LogP contribution is -1.95. The minimum atomic E-state index is -0.931. The van der Waals surface area contributed by atoms with Gasteiger partial charge in [-0.15, -0.1) is 0 Å².